The van der Waals surface area contributed by atoms with Gasteiger partial charge in [-0.1, -0.05) is 54.0 Å². The van der Waals surface area contributed by atoms with Gasteiger partial charge < -0.3 is 5.73 Å². The standard InChI is InChI=1S/C16H17N3O2.C16H19N3.B8/c1-16(2,3)10-9-12-11-17-18(4)15(12)13-7-5-6-8-14(13)19(20)21;1-16(2,3)10-9-12-11-18-19(4)15(12)13-7-5-6-8-14(13)17;1-6(2)8(5)7(3)4/h5-8,11H,1-4H3;5-8,11H,17H2,1-4H3;. The minimum Gasteiger partial charge on any atom is -0.398 e. The van der Waals surface area contributed by atoms with E-state index in [-0.39, 0.29) is 21.4 Å². The molecule has 0 saturated heterocycles. The lowest BCUT2D eigenvalue weighted by Gasteiger charge is -2.13. The topological polar surface area (TPSA) is 105 Å². The molecule has 10 radical (unpaired) electrons. The summed E-state index contributed by atoms with van der Waals surface area (Å²) < 4.78 is 3.44. The molecule has 0 fully saturated rings. The highest BCUT2D eigenvalue weighted by molar-refractivity contribution is 7.89. The highest BCUT2D eigenvalue weighted by Crippen LogP contribution is 2.31. The van der Waals surface area contributed by atoms with Gasteiger partial charge in [0.05, 0.1) is 45.4 Å². The van der Waals surface area contributed by atoms with Crippen LogP contribution in [0.2, 0.25) is 0 Å². The summed E-state index contributed by atoms with van der Waals surface area (Å²) in [6.45, 7) is 12.3. The summed E-state index contributed by atoms with van der Waals surface area (Å²) in [6, 6.07) is 14.4. The molecule has 0 atom stereocenters. The van der Waals surface area contributed by atoms with Crippen molar-refractivity contribution in [3.05, 3.63) is 82.2 Å². The minimum absolute atomic E-state index is 0.0324. The number of aryl methyl sites for hydroxylation is 2. The Bertz CT molecular complexity index is 1810. The number of benzene rings is 2. The lowest BCUT2D eigenvalue weighted by molar-refractivity contribution is -0.384. The van der Waals surface area contributed by atoms with Crippen LogP contribution in [0.15, 0.2) is 60.9 Å². The zero-order chi connectivity index (χ0) is 36.4. The Hall–Kier alpha value is -4.30. The molecular formula is C32H36B8N6O2. The van der Waals surface area contributed by atoms with Crippen LogP contribution in [0.25, 0.3) is 22.5 Å². The smallest absolute Gasteiger partial charge is 0.278 e. The van der Waals surface area contributed by atoms with Crippen molar-refractivity contribution in [2.24, 2.45) is 24.9 Å². The molecule has 2 aromatic carbocycles. The third kappa shape index (κ3) is 12.1. The first-order valence-electron chi connectivity index (χ1n) is 15.2. The molecular weight excluding hydrogens is 587 g/mol. The molecule has 0 bridgehead atoms. The number of aromatic nitrogens is 4. The second kappa shape index (κ2) is 17.2. The zero-order valence-corrected chi connectivity index (χ0v) is 29.0. The lowest BCUT2D eigenvalue weighted by Crippen LogP contribution is -2.52. The molecule has 0 amide bonds. The number of nitro benzene ring substituents is 1. The van der Waals surface area contributed by atoms with Gasteiger partial charge >= 0.3 is 0 Å². The molecule has 16 heteroatoms. The largest absolute Gasteiger partial charge is 0.398 e. The summed E-state index contributed by atoms with van der Waals surface area (Å²) in [5.41, 5.74) is 11.4. The highest BCUT2D eigenvalue weighted by Gasteiger charge is 2.20. The van der Waals surface area contributed by atoms with Crippen molar-refractivity contribution >= 4 is 69.2 Å². The Kier molecular flexibility index (Phi) is 14.3. The Labute approximate surface area is 293 Å². The van der Waals surface area contributed by atoms with Gasteiger partial charge in [-0.3, -0.25) is 19.5 Å². The number of rotatable bonds is 5. The predicted octanol–water partition coefficient (Wildman–Crippen LogP) is 3.41. The lowest BCUT2D eigenvalue weighted by atomic mass is 8.68. The van der Waals surface area contributed by atoms with Crippen LogP contribution in [0, 0.1) is 44.6 Å². The second-order valence-electron chi connectivity index (χ2n) is 13.2. The van der Waals surface area contributed by atoms with E-state index in [1.54, 1.807) is 42.3 Å². The van der Waals surface area contributed by atoms with Crippen LogP contribution in [0.1, 0.15) is 52.7 Å². The molecule has 2 N–H and O–H groups in total. The van der Waals surface area contributed by atoms with Crippen molar-refractivity contribution in [3.63, 3.8) is 0 Å². The van der Waals surface area contributed by atoms with Gasteiger partial charge in [-0.2, -0.15) is 10.2 Å². The Morgan fingerprint density at radius 2 is 1.12 bits per heavy atom. The maximum absolute atomic E-state index is 11.2. The van der Waals surface area contributed by atoms with Crippen LogP contribution in [0.4, 0.5) is 11.4 Å². The predicted molar refractivity (Wildman–Crippen MR) is 207 cm³/mol. The Balaban J connectivity index is 0.000000274. The SMILES string of the molecule is Cn1ncc(C#CC(C)(C)C)c1-c1ccccc1N.Cn1ncc(C#CC(C)(C)C)c1-c1ccccc1[N+](=O)[O-].[B]B([B])B([B])B([B])[B]. The first kappa shape index (κ1) is 39.9. The van der Waals surface area contributed by atoms with E-state index in [0.717, 1.165) is 22.5 Å². The molecule has 0 aliphatic rings. The van der Waals surface area contributed by atoms with Crippen LogP contribution in [0.5, 0.6) is 0 Å². The van der Waals surface area contributed by atoms with Gasteiger partial charge in [0.25, 0.3) is 5.69 Å². The van der Waals surface area contributed by atoms with E-state index in [1.807, 2.05) is 56.8 Å². The molecule has 0 spiro atoms. The average Bonchev–Trinajstić information content (AvgIpc) is 3.55. The number of para-hydroxylation sites is 2. The van der Waals surface area contributed by atoms with Gasteiger partial charge in [0, 0.05) is 100 Å². The van der Waals surface area contributed by atoms with Crippen molar-refractivity contribution in [2.45, 2.75) is 41.5 Å². The highest BCUT2D eigenvalue weighted by atomic mass is 16.6. The van der Waals surface area contributed by atoms with E-state index in [2.05, 4.69) is 54.7 Å². The summed E-state index contributed by atoms with van der Waals surface area (Å²) in [4.78, 5) is 10.8. The summed E-state index contributed by atoms with van der Waals surface area (Å²) >= 11 is 0. The van der Waals surface area contributed by atoms with Gasteiger partial charge in [-0.15, -0.1) is 0 Å². The van der Waals surface area contributed by atoms with Gasteiger partial charge in [0.1, 0.15) is 0 Å². The van der Waals surface area contributed by atoms with Crippen LogP contribution >= 0.6 is 0 Å². The monoisotopic (exact) mass is 624 g/mol. The van der Waals surface area contributed by atoms with Crippen molar-refractivity contribution in [1.29, 1.82) is 0 Å². The van der Waals surface area contributed by atoms with Gasteiger partial charge in [0.2, 0.25) is 0 Å². The third-order valence-electron chi connectivity index (χ3n) is 6.48. The molecule has 8 nitrogen and oxygen atoms in total. The summed E-state index contributed by atoms with van der Waals surface area (Å²) in [5, 5.41) is 19.7. The number of nitro groups is 1. The van der Waals surface area contributed by atoms with Crippen molar-refractivity contribution in [2.75, 3.05) is 5.73 Å². The molecule has 4 aromatic rings. The first-order valence-corrected chi connectivity index (χ1v) is 15.2. The average molecular weight is 623 g/mol. The van der Waals surface area contributed by atoms with Gasteiger partial charge in [-0.05, 0) is 53.7 Å². The summed E-state index contributed by atoms with van der Waals surface area (Å²) in [6.07, 6.45) is 1.66. The fourth-order valence-electron chi connectivity index (χ4n) is 4.01. The van der Waals surface area contributed by atoms with E-state index in [4.69, 9.17) is 44.4 Å². The van der Waals surface area contributed by atoms with E-state index in [0.29, 0.717) is 16.8 Å². The van der Waals surface area contributed by atoms with E-state index < -0.39 is 19.2 Å². The van der Waals surface area contributed by atoms with Crippen LogP contribution < -0.4 is 5.73 Å². The summed E-state index contributed by atoms with van der Waals surface area (Å²) in [5.74, 6) is 12.7. The molecule has 0 unspecified atom stereocenters. The number of nitrogens with zero attached hydrogens (tertiary/aromatic N) is 5. The fraction of sp³-hybridized carbons (Fsp3) is 0.312. The van der Waals surface area contributed by atoms with Crippen LogP contribution in [0.3, 0.4) is 0 Å². The molecule has 0 saturated carbocycles. The number of hydrogen-bond acceptors (Lipinski definition) is 5. The number of nitrogen functional groups attached to an aromatic ring is 1. The van der Waals surface area contributed by atoms with E-state index >= 15 is 0 Å². The first-order chi connectivity index (χ1) is 22.2. The normalized spacial score (nSPS) is 10.4. The summed E-state index contributed by atoms with van der Waals surface area (Å²) in [7, 11) is 29.4. The molecule has 48 heavy (non-hydrogen) atoms. The number of anilines is 1. The molecule has 2 aromatic heterocycles. The van der Waals surface area contributed by atoms with E-state index in [1.165, 1.54) is 6.07 Å². The zero-order valence-electron chi connectivity index (χ0n) is 29.0. The number of hydrogen-bond donors (Lipinski definition) is 1. The Morgan fingerprint density at radius 1 is 0.729 bits per heavy atom. The Morgan fingerprint density at radius 3 is 1.50 bits per heavy atom. The van der Waals surface area contributed by atoms with Crippen molar-refractivity contribution < 1.29 is 4.92 Å². The van der Waals surface area contributed by atoms with Crippen LogP contribution in [-0.4, -0.2) is 82.3 Å². The fourth-order valence-corrected chi connectivity index (χ4v) is 4.01. The third-order valence-corrected chi connectivity index (χ3v) is 6.48. The van der Waals surface area contributed by atoms with Crippen molar-refractivity contribution in [3.8, 4) is 46.2 Å². The van der Waals surface area contributed by atoms with Gasteiger partial charge in [0.15, 0.2) is 0 Å². The molecule has 4 rings (SSSR count). The molecule has 2 heterocycles. The van der Waals surface area contributed by atoms with Crippen LogP contribution in [-0.2, 0) is 14.1 Å². The van der Waals surface area contributed by atoms with Gasteiger partial charge in [-0.25, -0.2) is 0 Å². The second-order valence-corrected chi connectivity index (χ2v) is 13.2. The van der Waals surface area contributed by atoms with Crippen molar-refractivity contribution in [1.82, 2.24) is 19.6 Å². The number of nitrogens with two attached hydrogens (primary N) is 1. The molecule has 0 aliphatic heterocycles. The maximum Gasteiger partial charge on any atom is 0.278 e. The quantitative estimate of drug-likeness (QED) is 0.121. The molecule has 230 valence electrons. The van der Waals surface area contributed by atoms with E-state index in [9.17, 15) is 10.1 Å². The maximum atomic E-state index is 11.2. The minimum atomic E-state index is -0.630. The molecule has 0 aliphatic carbocycles.